The van der Waals surface area contributed by atoms with Crippen molar-refractivity contribution < 1.29 is 4.74 Å². The van der Waals surface area contributed by atoms with E-state index in [0.29, 0.717) is 5.82 Å². The Bertz CT molecular complexity index is 321. The molecule has 2 N–H and O–H groups in total. The molecule has 0 unspecified atom stereocenters. The predicted molar refractivity (Wildman–Crippen MR) is 63.9 cm³/mol. The molecule has 0 atom stereocenters. The molecular weight excluding hydrogens is 260 g/mol. The number of hydrogen-bond acceptors (Lipinski definition) is 5. The quantitative estimate of drug-likeness (QED) is 0.820. The molecule has 15 heavy (non-hydrogen) atoms. The number of methoxy groups -OCH3 is 1. The highest BCUT2D eigenvalue weighted by Crippen LogP contribution is 2.26. The molecule has 1 aromatic heterocycles. The van der Waals surface area contributed by atoms with E-state index < -0.39 is 0 Å². The van der Waals surface area contributed by atoms with Gasteiger partial charge in [0.1, 0.15) is 22.4 Å². The molecule has 0 saturated carbocycles. The van der Waals surface area contributed by atoms with Gasteiger partial charge in [-0.3, -0.25) is 0 Å². The van der Waals surface area contributed by atoms with E-state index in [1.54, 1.807) is 7.11 Å². The van der Waals surface area contributed by atoms with Crippen molar-refractivity contribution in [2.45, 2.75) is 6.42 Å². The molecule has 1 heterocycles. The number of ether oxygens (including phenoxy) is 1. The molecule has 0 aliphatic carbocycles. The first-order valence-electron chi connectivity index (χ1n) is 4.63. The molecule has 0 aliphatic heterocycles. The Hall–Kier alpha value is -0.880. The fourth-order valence-corrected chi connectivity index (χ4v) is 1.70. The van der Waals surface area contributed by atoms with Crippen molar-refractivity contribution in [3.05, 3.63) is 10.8 Å². The molecule has 0 amide bonds. The number of nitrogens with two attached hydrogens (primary N) is 1. The molecular formula is C9H15BrN4O. The van der Waals surface area contributed by atoms with E-state index in [4.69, 9.17) is 10.5 Å². The van der Waals surface area contributed by atoms with E-state index in [9.17, 15) is 0 Å². The fourth-order valence-electron chi connectivity index (χ4n) is 1.19. The van der Waals surface area contributed by atoms with Gasteiger partial charge in [-0.1, -0.05) is 0 Å². The van der Waals surface area contributed by atoms with Crippen molar-refractivity contribution in [2.24, 2.45) is 0 Å². The minimum atomic E-state index is 0.457. The number of anilines is 2. The standard InChI is InChI=1S/C9H15BrN4O/c1-14(4-3-5-15-2)9-7(10)8(11)12-6-13-9/h6H,3-5H2,1-2H3,(H2,11,12,13). The van der Waals surface area contributed by atoms with Gasteiger partial charge in [0.25, 0.3) is 0 Å². The highest BCUT2D eigenvalue weighted by atomic mass is 79.9. The fraction of sp³-hybridized carbons (Fsp3) is 0.556. The normalized spacial score (nSPS) is 10.3. The second kappa shape index (κ2) is 5.87. The number of nitrogens with zero attached hydrogens (tertiary/aromatic N) is 3. The Morgan fingerprint density at radius 2 is 2.27 bits per heavy atom. The third-order valence-electron chi connectivity index (χ3n) is 2.00. The van der Waals surface area contributed by atoms with E-state index >= 15 is 0 Å². The van der Waals surface area contributed by atoms with Crippen LogP contribution in [0.4, 0.5) is 11.6 Å². The summed E-state index contributed by atoms with van der Waals surface area (Å²) in [6, 6.07) is 0. The molecule has 84 valence electrons. The predicted octanol–water partition coefficient (Wildman–Crippen LogP) is 1.29. The van der Waals surface area contributed by atoms with Gasteiger partial charge >= 0.3 is 0 Å². The summed E-state index contributed by atoms with van der Waals surface area (Å²) in [5.74, 6) is 1.26. The molecule has 1 aromatic rings. The number of halogens is 1. The van der Waals surface area contributed by atoms with Crippen LogP contribution in [0.15, 0.2) is 10.8 Å². The van der Waals surface area contributed by atoms with Gasteiger partial charge in [0, 0.05) is 27.3 Å². The van der Waals surface area contributed by atoms with Crippen LogP contribution in [0.1, 0.15) is 6.42 Å². The summed E-state index contributed by atoms with van der Waals surface area (Å²) in [4.78, 5) is 10.1. The van der Waals surface area contributed by atoms with Crippen molar-refractivity contribution >= 4 is 27.6 Å². The van der Waals surface area contributed by atoms with Crippen LogP contribution >= 0.6 is 15.9 Å². The molecule has 0 spiro atoms. The highest BCUT2D eigenvalue weighted by Gasteiger charge is 2.09. The summed E-state index contributed by atoms with van der Waals surface area (Å²) >= 11 is 3.37. The maximum atomic E-state index is 5.66. The topological polar surface area (TPSA) is 64.3 Å². The average Bonchev–Trinajstić information content (AvgIpc) is 2.22. The summed E-state index contributed by atoms with van der Waals surface area (Å²) in [6.07, 6.45) is 2.41. The minimum Gasteiger partial charge on any atom is -0.385 e. The van der Waals surface area contributed by atoms with Crippen LogP contribution < -0.4 is 10.6 Å². The summed E-state index contributed by atoms with van der Waals surface area (Å²) in [5, 5.41) is 0. The van der Waals surface area contributed by atoms with Gasteiger partial charge in [0.05, 0.1) is 0 Å². The van der Waals surface area contributed by atoms with Gasteiger partial charge in [-0.2, -0.15) is 0 Å². The van der Waals surface area contributed by atoms with Crippen LogP contribution in [-0.2, 0) is 4.74 Å². The molecule has 0 aliphatic rings. The highest BCUT2D eigenvalue weighted by molar-refractivity contribution is 9.10. The van der Waals surface area contributed by atoms with Gasteiger partial charge in [-0.25, -0.2) is 9.97 Å². The summed E-state index contributed by atoms with van der Waals surface area (Å²) < 4.78 is 5.73. The lowest BCUT2D eigenvalue weighted by molar-refractivity contribution is 0.196. The summed E-state index contributed by atoms with van der Waals surface area (Å²) in [7, 11) is 3.65. The Kier molecular flexibility index (Phi) is 4.77. The maximum absolute atomic E-state index is 5.66. The average molecular weight is 275 g/mol. The van der Waals surface area contributed by atoms with Crippen molar-refractivity contribution in [1.82, 2.24) is 9.97 Å². The Morgan fingerprint density at radius 3 is 2.93 bits per heavy atom. The zero-order chi connectivity index (χ0) is 11.3. The van der Waals surface area contributed by atoms with E-state index in [0.717, 1.165) is 29.9 Å². The Labute approximate surface area is 97.8 Å². The number of hydrogen-bond donors (Lipinski definition) is 1. The molecule has 1 rings (SSSR count). The van der Waals surface area contributed by atoms with E-state index in [1.807, 2.05) is 11.9 Å². The van der Waals surface area contributed by atoms with Crippen LogP contribution in [-0.4, -0.2) is 37.3 Å². The molecule has 0 saturated heterocycles. The third-order valence-corrected chi connectivity index (χ3v) is 2.76. The summed E-state index contributed by atoms with van der Waals surface area (Å²) in [5.41, 5.74) is 5.66. The van der Waals surface area contributed by atoms with Crippen LogP contribution in [0.5, 0.6) is 0 Å². The van der Waals surface area contributed by atoms with E-state index in [1.165, 1.54) is 6.33 Å². The van der Waals surface area contributed by atoms with Crippen LogP contribution in [0.25, 0.3) is 0 Å². The van der Waals surface area contributed by atoms with Gasteiger partial charge in [-0.05, 0) is 22.4 Å². The van der Waals surface area contributed by atoms with Crippen LogP contribution in [0, 0.1) is 0 Å². The number of aromatic nitrogens is 2. The molecule has 0 aromatic carbocycles. The monoisotopic (exact) mass is 274 g/mol. The molecule has 5 nitrogen and oxygen atoms in total. The second-order valence-electron chi connectivity index (χ2n) is 3.16. The number of nitrogen functional groups attached to an aromatic ring is 1. The SMILES string of the molecule is COCCCN(C)c1ncnc(N)c1Br. The summed E-state index contributed by atoms with van der Waals surface area (Å²) in [6.45, 7) is 1.60. The lowest BCUT2D eigenvalue weighted by Gasteiger charge is -2.19. The minimum absolute atomic E-state index is 0.457. The Morgan fingerprint density at radius 1 is 1.53 bits per heavy atom. The maximum Gasteiger partial charge on any atom is 0.148 e. The first-order valence-corrected chi connectivity index (χ1v) is 5.42. The van der Waals surface area contributed by atoms with Crippen molar-refractivity contribution in [3.63, 3.8) is 0 Å². The second-order valence-corrected chi connectivity index (χ2v) is 3.96. The smallest absolute Gasteiger partial charge is 0.148 e. The first-order chi connectivity index (χ1) is 7.16. The zero-order valence-corrected chi connectivity index (χ0v) is 10.5. The largest absolute Gasteiger partial charge is 0.385 e. The Balaban J connectivity index is 2.65. The molecule has 0 fully saturated rings. The van der Waals surface area contributed by atoms with Crippen molar-refractivity contribution in [2.75, 3.05) is 37.9 Å². The van der Waals surface area contributed by atoms with Gasteiger partial charge < -0.3 is 15.4 Å². The zero-order valence-electron chi connectivity index (χ0n) is 8.90. The van der Waals surface area contributed by atoms with Crippen LogP contribution in [0.3, 0.4) is 0 Å². The number of rotatable bonds is 5. The van der Waals surface area contributed by atoms with Crippen LogP contribution in [0.2, 0.25) is 0 Å². The van der Waals surface area contributed by atoms with Gasteiger partial charge in [-0.15, -0.1) is 0 Å². The van der Waals surface area contributed by atoms with Gasteiger partial charge in [0.2, 0.25) is 0 Å². The molecule has 0 radical (unpaired) electrons. The van der Waals surface area contributed by atoms with Crippen molar-refractivity contribution in [3.8, 4) is 0 Å². The molecule has 0 bridgehead atoms. The third kappa shape index (κ3) is 3.32. The molecule has 6 heteroatoms. The van der Waals surface area contributed by atoms with Crippen molar-refractivity contribution in [1.29, 1.82) is 0 Å². The lowest BCUT2D eigenvalue weighted by Crippen LogP contribution is -2.21. The lowest BCUT2D eigenvalue weighted by atomic mass is 10.4. The van der Waals surface area contributed by atoms with Gasteiger partial charge in [0.15, 0.2) is 0 Å². The van der Waals surface area contributed by atoms with E-state index in [-0.39, 0.29) is 0 Å². The first kappa shape index (κ1) is 12.2. The van der Waals surface area contributed by atoms with E-state index in [2.05, 4.69) is 25.9 Å².